The average molecular weight is 473 g/mol. The number of hydrogen-bond acceptors (Lipinski definition) is 2. The standard InChI is InChI=1S/C28H60OSSi/c1-28(2)24-20-16-12-10-8-6-4-3-5-7-9-11-13-17-21-25-29-31-27-23-19-15-14-18-22-26-30/h28,30H,3-27,31H2,1-2H3. The molecule has 0 aromatic heterocycles. The number of thiol groups is 1. The molecule has 188 valence electrons. The topological polar surface area (TPSA) is 9.23 Å². The van der Waals surface area contributed by atoms with Gasteiger partial charge >= 0.3 is 0 Å². The van der Waals surface area contributed by atoms with Crippen LogP contribution < -0.4 is 0 Å². The molecule has 0 N–H and O–H groups in total. The van der Waals surface area contributed by atoms with Crippen LogP contribution in [-0.2, 0) is 4.43 Å². The molecular formula is C28H60OSSi. The van der Waals surface area contributed by atoms with Crippen LogP contribution in [0.4, 0.5) is 0 Å². The molecule has 0 unspecified atom stereocenters. The van der Waals surface area contributed by atoms with Crippen LogP contribution in [0.3, 0.4) is 0 Å². The summed E-state index contributed by atoms with van der Waals surface area (Å²) in [4.78, 5) is 0. The summed E-state index contributed by atoms with van der Waals surface area (Å²) >= 11 is 4.27. The summed E-state index contributed by atoms with van der Waals surface area (Å²) < 4.78 is 5.94. The molecule has 0 bridgehead atoms. The molecule has 0 aromatic carbocycles. The van der Waals surface area contributed by atoms with Gasteiger partial charge in [0.05, 0.1) is 0 Å². The van der Waals surface area contributed by atoms with Crippen molar-refractivity contribution >= 4 is 22.4 Å². The van der Waals surface area contributed by atoms with Crippen molar-refractivity contribution in [2.75, 3.05) is 12.4 Å². The summed E-state index contributed by atoms with van der Waals surface area (Å²) in [6.45, 7) is 5.73. The SMILES string of the molecule is CC(C)CCCCCCCCCCCCCCCCCO[SiH2]CCCCCCCCS. The van der Waals surface area contributed by atoms with Crippen LogP contribution in [0.5, 0.6) is 0 Å². The van der Waals surface area contributed by atoms with Gasteiger partial charge in [0.25, 0.3) is 0 Å². The molecule has 0 heterocycles. The lowest BCUT2D eigenvalue weighted by atomic mass is 10.0. The second-order valence-corrected chi connectivity index (χ2v) is 12.3. The fourth-order valence-corrected chi connectivity index (χ4v) is 5.75. The zero-order chi connectivity index (χ0) is 22.7. The summed E-state index contributed by atoms with van der Waals surface area (Å²) in [6.07, 6.45) is 31.4. The van der Waals surface area contributed by atoms with Gasteiger partial charge in [-0.1, -0.05) is 142 Å². The summed E-state index contributed by atoms with van der Waals surface area (Å²) in [6, 6.07) is 1.39. The second-order valence-electron chi connectivity index (χ2n) is 10.3. The molecule has 0 spiro atoms. The first-order valence-corrected chi connectivity index (χ1v) is 16.7. The normalized spacial score (nSPS) is 12.0. The summed E-state index contributed by atoms with van der Waals surface area (Å²) in [5, 5.41) is 0. The van der Waals surface area contributed by atoms with E-state index in [0.29, 0.717) is 0 Å². The minimum absolute atomic E-state index is 0.214. The number of unbranched alkanes of at least 4 members (excludes halogenated alkanes) is 19. The van der Waals surface area contributed by atoms with Crippen molar-refractivity contribution in [3.63, 3.8) is 0 Å². The van der Waals surface area contributed by atoms with Crippen LogP contribution in [0.1, 0.15) is 155 Å². The van der Waals surface area contributed by atoms with Gasteiger partial charge in [-0.15, -0.1) is 0 Å². The molecule has 0 saturated carbocycles. The van der Waals surface area contributed by atoms with E-state index in [9.17, 15) is 0 Å². The Morgan fingerprint density at radius 2 is 0.903 bits per heavy atom. The molecule has 31 heavy (non-hydrogen) atoms. The van der Waals surface area contributed by atoms with E-state index < -0.39 is 0 Å². The van der Waals surface area contributed by atoms with Gasteiger partial charge in [-0.2, -0.15) is 12.6 Å². The van der Waals surface area contributed by atoms with Gasteiger partial charge < -0.3 is 4.43 Å². The van der Waals surface area contributed by atoms with Crippen molar-refractivity contribution in [3.05, 3.63) is 0 Å². The maximum atomic E-state index is 5.94. The molecule has 1 nitrogen and oxygen atoms in total. The minimum Gasteiger partial charge on any atom is -0.424 e. The molecule has 0 radical (unpaired) electrons. The predicted molar refractivity (Wildman–Crippen MR) is 150 cm³/mol. The van der Waals surface area contributed by atoms with E-state index >= 15 is 0 Å². The summed E-state index contributed by atoms with van der Waals surface area (Å²) in [5.41, 5.74) is 0. The Bertz CT molecular complexity index is 311. The maximum absolute atomic E-state index is 5.94. The highest BCUT2D eigenvalue weighted by molar-refractivity contribution is 7.80. The molecular weight excluding hydrogens is 412 g/mol. The van der Waals surface area contributed by atoms with E-state index in [-0.39, 0.29) is 9.76 Å². The van der Waals surface area contributed by atoms with E-state index in [1.807, 2.05) is 0 Å². The first kappa shape index (κ1) is 31.5. The largest absolute Gasteiger partial charge is 0.424 e. The van der Waals surface area contributed by atoms with Crippen molar-refractivity contribution in [1.82, 2.24) is 0 Å². The van der Waals surface area contributed by atoms with Crippen molar-refractivity contribution in [2.45, 2.75) is 161 Å². The Labute approximate surface area is 206 Å². The second kappa shape index (κ2) is 28.6. The lowest BCUT2D eigenvalue weighted by Gasteiger charge is -2.05. The van der Waals surface area contributed by atoms with Gasteiger partial charge in [-0.05, 0) is 30.6 Å². The summed E-state index contributed by atoms with van der Waals surface area (Å²) in [5.74, 6) is 1.95. The first-order chi connectivity index (χ1) is 15.3. The van der Waals surface area contributed by atoms with Crippen LogP contribution in [0.2, 0.25) is 6.04 Å². The van der Waals surface area contributed by atoms with Gasteiger partial charge in [0.2, 0.25) is 0 Å². The Morgan fingerprint density at radius 3 is 1.35 bits per heavy atom. The molecule has 0 atom stereocenters. The third-order valence-electron chi connectivity index (χ3n) is 6.52. The van der Waals surface area contributed by atoms with Gasteiger partial charge in [0.1, 0.15) is 0 Å². The third kappa shape index (κ3) is 30.5. The van der Waals surface area contributed by atoms with E-state index in [4.69, 9.17) is 4.43 Å². The molecule has 0 saturated heterocycles. The highest BCUT2D eigenvalue weighted by Crippen LogP contribution is 2.15. The molecule has 0 amide bonds. The van der Waals surface area contributed by atoms with Crippen LogP contribution in [0.15, 0.2) is 0 Å². The van der Waals surface area contributed by atoms with Crippen LogP contribution in [0.25, 0.3) is 0 Å². The molecule has 0 aliphatic heterocycles. The Hall–Kier alpha value is 0.527. The maximum Gasteiger partial charge on any atom is 0.161 e. The van der Waals surface area contributed by atoms with E-state index in [2.05, 4.69) is 26.5 Å². The average Bonchev–Trinajstić information content (AvgIpc) is 2.76. The van der Waals surface area contributed by atoms with E-state index in [0.717, 1.165) is 18.3 Å². The van der Waals surface area contributed by atoms with Gasteiger partial charge in [0, 0.05) is 6.61 Å². The minimum atomic E-state index is -0.214. The summed E-state index contributed by atoms with van der Waals surface area (Å²) in [7, 11) is -0.214. The van der Waals surface area contributed by atoms with Crippen molar-refractivity contribution < 1.29 is 4.43 Å². The highest BCUT2D eigenvalue weighted by atomic mass is 32.1. The zero-order valence-corrected chi connectivity index (χ0v) is 24.1. The Balaban J connectivity index is 2.99. The quantitative estimate of drug-likeness (QED) is 0.0711. The molecule has 0 aromatic rings. The Kier molecular flexibility index (Phi) is 29.0. The number of hydrogen-bond donors (Lipinski definition) is 1. The van der Waals surface area contributed by atoms with Gasteiger partial charge in [0.15, 0.2) is 9.76 Å². The smallest absolute Gasteiger partial charge is 0.161 e. The Morgan fingerprint density at radius 1 is 0.516 bits per heavy atom. The predicted octanol–water partition coefficient (Wildman–Crippen LogP) is 9.67. The van der Waals surface area contributed by atoms with Crippen LogP contribution >= 0.6 is 12.6 Å². The fourth-order valence-electron chi connectivity index (χ4n) is 4.36. The zero-order valence-electron chi connectivity index (χ0n) is 21.8. The first-order valence-electron chi connectivity index (χ1n) is 14.5. The van der Waals surface area contributed by atoms with Gasteiger partial charge in [-0.3, -0.25) is 0 Å². The van der Waals surface area contributed by atoms with E-state index in [1.165, 1.54) is 147 Å². The highest BCUT2D eigenvalue weighted by Gasteiger charge is 1.97. The van der Waals surface area contributed by atoms with Gasteiger partial charge in [-0.25, -0.2) is 0 Å². The van der Waals surface area contributed by atoms with Crippen molar-refractivity contribution in [3.8, 4) is 0 Å². The third-order valence-corrected chi connectivity index (χ3v) is 8.20. The number of rotatable bonds is 27. The molecule has 0 rings (SSSR count). The van der Waals surface area contributed by atoms with Crippen LogP contribution in [0, 0.1) is 5.92 Å². The lowest BCUT2D eigenvalue weighted by Crippen LogP contribution is -2.00. The monoisotopic (exact) mass is 472 g/mol. The van der Waals surface area contributed by atoms with Crippen molar-refractivity contribution in [1.29, 1.82) is 0 Å². The van der Waals surface area contributed by atoms with Crippen LogP contribution in [-0.4, -0.2) is 22.1 Å². The molecule has 0 aliphatic rings. The molecule has 3 heteroatoms. The molecule has 0 fully saturated rings. The van der Waals surface area contributed by atoms with E-state index in [1.54, 1.807) is 0 Å². The lowest BCUT2D eigenvalue weighted by molar-refractivity contribution is 0.319. The molecule has 0 aliphatic carbocycles. The van der Waals surface area contributed by atoms with Crippen molar-refractivity contribution in [2.24, 2.45) is 5.92 Å². The fraction of sp³-hybridized carbons (Fsp3) is 1.00.